The van der Waals surface area contributed by atoms with Crippen molar-refractivity contribution in [2.75, 3.05) is 13.2 Å². The largest absolute Gasteiger partial charge is 0.462 e. The van der Waals surface area contributed by atoms with Crippen LogP contribution in [0.1, 0.15) is 297 Å². The summed E-state index contributed by atoms with van der Waals surface area (Å²) in [5, 5.41) is 0. The number of ether oxygens (including phenoxy) is 3. The minimum Gasteiger partial charge on any atom is -0.462 e. The van der Waals surface area contributed by atoms with E-state index < -0.39 is 6.10 Å². The highest BCUT2D eigenvalue weighted by molar-refractivity contribution is 5.71. The summed E-state index contributed by atoms with van der Waals surface area (Å²) in [6, 6.07) is 0. The molecule has 374 valence electrons. The Labute approximate surface area is 397 Å². The zero-order chi connectivity index (χ0) is 46.5. The standard InChI is InChI=1S/C58H106O6/c1-4-7-10-13-16-18-20-22-24-26-28-29-30-32-33-35-37-39-42-45-48-51-57(60)63-54-55(53-62-56(59)50-47-44-41-15-12-9-6-3)64-58(61)52-49-46-43-40-38-36-34-31-27-25-23-21-19-17-14-11-8-5-2/h20,22,25-28,55H,4-19,21,23-24,29-54H2,1-3H3/b22-20-,27-25-,28-26-. The van der Waals surface area contributed by atoms with E-state index in [1.54, 1.807) is 0 Å². The van der Waals surface area contributed by atoms with E-state index >= 15 is 0 Å². The Morgan fingerprint density at radius 2 is 0.562 bits per heavy atom. The van der Waals surface area contributed by atoms with Crippen LogP contribution in [0.15, 0.2) is 36.5 Å². The molecule has 0 fully saturated rings. The van der Waals surface area contributed by atoms with Gasteiger partial charge in [0.15, 0.2) is 6.10 Å². The van der Waals surface area contributed by atoms with Crippen LogP contribution in [0.5, 0.6) is 0 Å². The number of carbonyl (C=O) groups is 3. The van der Waals surface area contributed by atoms with E-state index in [1.165, 1.54) is 193 Å². The summed E-state index contributed by atoms with van der Waals surface area (Å²) in [5.74, 6) is -0.876. The van der Waals surface area contributed by atoms with E-state index in [1.807, 2.05) is 0 Å². The Balaban J connectivity index is 4.20. The van der Waals surface area contributed by atoms with Gasteiger partial charge in [-0.1, -0.05) is 237 Å². The van der Waals surface area contributed by atoms with Crippen molar-refractivity contribution in [1.29, 1.82) is 0 Å². The Morgan fingerprint density at radius 1 is 0.312 bits per heavy atom. The molecule has 0 aliphatic rings. The molecule has 0 aromatic heterocycles. The van der Waals surface area contributed by atoms with E-state index in [9.17, 15) is 14.4 Å². The van der Waals surface area contributed by atoms with Crippen molar-refractivity contribution >= 4 is 17.9 Å². The van der Waals surface area contributed by atoms with E-state index in [-0.39, 0.29) is 31.1 Å². The molecule has 0 spiro atoms. The highest BCUT2D eigenvalue weighted by Gasteiger charge is 2.19. The topological polar surface area (TPSA) is 78.9 Å². The molecule has 0 aliphatic heterocycles. The van der Waals surface area contributed by atoms with Crippen molar-refractivity contribution in [2.24, 2.45) is 0 Å². The smallest absolute Gasteiger partial charge is 0.306 e. The molecule has 0 radical (unpaired) electrons. The van der Waals surface area contributed by atoms with Crippen LogP contribution in [-0.2, 0) is 28.6 Å². The quantitative estimate of drug-likeness (QED) is 0.0262. The maximum Gasteiger partial charge on any atom is 0.306 e. The first-order valence-corrected chi connectivity index (χ1v) is 28.0. The van der Waals surface area contributed by atoms with E-state index in [0.717, 1.165) is 64.2 Å². The molecule has 0 aliphatic carbocycles. The predicted octanol–water partition coefficient (Wildman–Crippen LogP) is 18.5. The first-order chi connectivity index (χ1) is 31.5. The molecule has 0 heterocycles. The van der Waals surface area contributed by atoms with Gasteiger partial charge in [-0.15, -0.1) is 0 Å². The summed E-state index contributed by atoms with van der Waals surface area (Å²) in [4.78, 5) is 37.9. The number of hydrogen-bond acceptors (Lipinski definition) is 6. The molecule has 1 atom stereocenters. The molecule has 0 saturated carbocycles. The van der Waals surface area contributed by atoms with Crippen molar-refractivity contribution in [3.8, 4) is 0 Å². The fraction of sp³-hybridized carbons (Fsp3) is 0.845. The molecule has 1 unspecified atom stereocenters. The second-order valence-electron chi connectivity index (χ2n) is 18.8. The van der Waals surface area contributed by atoms with Gasteiger partial charge in [-0.3, -0.25) is 14.4 Å². The Kier molecular flexibility index (Phi) is 51.3. The zero-order valence-electron chi connectivity index (χ0n) is 42.8. The van der Waals surface area contributed by atoms with Gasteiger partial charge in [0.25, 0.3) is 0 Å². The SMILES string of the molecule is CCCCCCC/C=C\C/C=C\CCCCCCCCCCCC(=O)OCC(COC(=O)CCCCCCCCC)OC(=O)CCCCCCCCC/C=C\CCCCCCCCC. The lowest BCUT2D eigenvalue weighted by atomic mass is 10.1. The molecular weight excluding hydrogens is 793 g/mol. The highest BCUT2D eigenvalue weighted by atomic mass is 16.6. The molecule has 0 aromatic carbocycles. The highest BCUT2D eigenvalue weighted by Crippen LogP contribution is 2.15. The maximum atomic E-state index is 12.8. The van der Waals surface area contributed by atoms with Crippen LogP contribution >= 0.6 is 0 Å². The Hall–Kier alpha value is -2.37. The van der Waals surface area contributed by atoms with Gasteiger partial charge in [-0.2, -0.15) is 0 Å². The summed E-state index contributed by atoms with van der Waals surface area (Å²) in [6.45, 7) is 6.61. The van der Waals surface area contributed by atoms with Crippen LogP contribution in [0, 0.1) is 0 Å². The zero-order valence-corrected chi connectivity index (χ0v) is 42.8. The molecule has 0 rings (SSSR count). The minimum atomic E-state index is -0.771. The summed E-state index contributed by atoms with van der Waals surface area (Å²) >= 11 is 0. The summed E-state index contributed by atoms with van der Waals surface area (Å²) in [6.07, 6.45) is 62.9. The van der Waals surface area contributed by atoms with Crippen molar-refractivity contribution in [2.45, 2.75) is 303 Å². The van der Waals surface area contributed by atoms with Gasteiger partial charge < -0.3 is 14.2 Å². The molecule has 6 nitrogen and oxygen atoms in total. The predicted molar refractivity (Wildman–Crippen MR) is 275 cm³/mol. The van der Waals surface area contributed by atoms with Crippen LogP contribution in [0.4, 0.5) is 0 Å². The third kappa shape index (κ3) is 50.6. The Bertz CT molecular complexity index is 1080. The third-order valence-corrected chi connectivity index (χ3v) is 12.4. The summed E-state index contributed by atoms with van der Waals surface area (Å²) in [7, 11) is 0. The number of hydrogen-bond donors (Lipinski definition) is 0. The fourth-order valence-electron chi connectivity index (χ4n) is 8.12. The molecule has 0 amide bonds. The normalized spacial score (nSPS) is 12.2. The lowest BCUT2D eigenvalue weighted by Crippen LogP contribution is -2.30. The van der Waals surface area contributed by atoms with Crippen LogP contribution in [0.3, 0.4) is 0 Å². The van der Waals surface area contributed by atoms with Gasteiger partial charge in [0, 0.05) is 19.3 Å². The number of allylic oxidation sites excluding steroid dienone is 6. The van der Waals surface area contributed by atoms with E-state index in [2.05, 4.69) is 57.2 Å². The van der Waals surface area contributed by atoms with Crippen LogP contribution in [-0.4, -0.2) is 37.2 Å². The van der Waals surface area contributed by atoms with Gasteiger partial charge in [-0.05, 0) is 77.0 Å². The van der Waals surface area contributed by atoms with Crippen LogP contribution < -0.4 is 0 Å². The molecule has 64 heavy (non-hydrogen) atoms. The lowest BCUT2D eigenvalue weighted by Gasteiger charge is -2.18. The Morgan fingerprint density at radius 3 is 0.875 bits per heavy atom. The van der Waals surface area contributed by atoms with Crippen LogP contribution in [0.2, 0.25) is 0 Å². The molecule has 0 saturated heterocycles. The summed E-state index contributed by atoms with van der Waals surface area (Å²) in [5.41, 5.74) is 0. The molecule has 0 N–H and O–H groups in total. The fourth-order valence-corrected chi connectivity index (χ4v) is 8.12. The van der Waals surface area contributed by atoms with Crippen molar-refractivity contribution in [3.05, 3.63) is 36.5 Å². The van der Waals surface area contributed by atoms with Crippen molar-refractivity contribution < 1.29 is 28.6 Å². The summed E-state index contributed by atoms with van der Waals surface area (Å²) < 4.78 is 16.8. The number of rotatable bonds is 51. The molecular formula is C58H106O6. The first-order valence-electron chi connectivity index (χ1n) is 28.0. The molecule has 0 aromatic rings. The van der Waals surface area contributed by atoms with Gasteiger partial charge in [0.1, 0.15) is 13.2 Å². The van der Waals surface area contributed by atoms with Gasteiger partial charge in [-0.25, -0.2) is 0 Å². The second kappa shape index (κ2) is 53.2. The van der Waals surface area contributed by atoms with Crippen molar-refractivity contribution in [3.63, 3.8) is 0 Å². The van der Waals surface area contributed by atoms with E-state index in [4.69, 9.17) is 14.2 Å². The average molecular weight is 899 g/mol. The molecule has 6 heteroatoms. The molecule has 0 bridgehead atoms. The number of unbranched alkanes of at least 4 members (excludes halogenated alkanes) is 34. The van der Waals surface area contributed by atoms with Gasteiger partial charge >= 0.3 is 17.9 Å². The monoisotopic (exact) mass is 899 g/mol. The van der Waals surface area contributed by atoms with Crippen LogP contribution in [0.25, 0.3) is 0 Å². The van der Waals surface area contributed by atoms with Crippen molar-refractivity contribution in [1.82, 2.24) is 0 Å². The minimum absolute atomic E-state index is 0.0731. The number of esters is 3. The third-order valence-electron chi connectivity index (χ3n) is 12.4. The van der Waals surface area contributed by atoms with E-state index in [0.29, 0.717) is 19.3 Å². The van der Waals surface area contributed by atoms with Gasteiger partial charge in [0.05, 0.1) is 0 Å². The second-order valence-corrected chi connectivity index (χ2v) is 18.8. The van der Waals surface area contributed by atoms with Gasteiger partial charge in [0.2, 0.25) is 0 Å². The first kappa shape index (κ1) is 61.6. The number of carbonyl (C=O) groups excluding carboxylic acids is 3. The average Bonchev–Trinajstić information content (AvgIpc) is 3.29. The maximum absolute atomic E-state index is 12.8. The lowest BCUT2D eigenvalue weighted by molar-refractivity contribution is -0.167.